The minimum atomic E-state index is -0.301. The average Bonchev–Trinajstić information content (AvgIpc) is 2.35. The predicted molar refractivity (Wildman–Crippen MR) is 76.4 cm³/mol. The molecule has 1 aromatic carbocycles. The van der Waals surface area contributed by atoms with Crippen LogP contribution in [0.2, 0.25) is 0 Å². The summed E-state index contributed by atoms with van der Waals surface area (Å²) in [5.74, 6) is 1.06. The van der Waals surface area contributed by atoms with Crippen molar-refractivity contribution in [1.82, 2.24) is 5.32 Å². The van der Waals surface area contributed by atoms with E-state index in [1.807, 2.05) is 13.0 Å². The zero-order valence-electron chi connectivity index (χ0n) is 11.8. The van der Waals surface area contributed by atoms with E-state index in [1.54, 1.807) is 12.1 Å². The molecule has 4 heteroatoms. The van der Waals surface area contributed by atoms with Crippen molar-refractivity contribution < 1.29 is 4.92 Å². The van der Waals surface area contributed by atoms with Crippen LogP contribution < -0.4 is 5.32 Å². The lowest BCUT2D eigenvalue weighted by atomic mass is 9.64. The number of benzene rings is 1. The molecule has 0 spiro atoms. The van der Waals surface area contributed by atoms with Crippen LogP contribution in [0.5, 0.6) is 0 Å². The molecule has 3 unspecified atom stereocenters. The van der Waals surface area contributed by atoms with Gasteiger partial charge in [0.2, 0.25) is 0 Å². The highest BCUT2D eigenvalue weighted by atomic mass is 16.6. The van der Waals surface area contributed by atoms with E-state index in [9.17, 15) is 10.1 Å². The monoisotopic (exact) mass is 262 g/mol. The molecule has 0 heterocycles. The van der Waals surface area contributed by atoms with Crippen molar-refractivity contribution in [3.8, 4) is 0 Å². The van der Waals surface area contributed by atoms with E-state index >= 15 is 0 Å². The van der Waals surface area contributed by atoms with Crippen LogP contribution in [0.1, 0.15) is 43.7 Å². The Kier molecular flexibility index (Phi) is 4.20. The normalized spacial score (nSPS) is 25.9. The van der Waals surface area contributed by atoms with Crippen LogP contribution in [-0.2, 0) is 0 Å². The number of aryl methyl sites for hydroxylation is 1. The van der Waals surface area contributed by atoms with E-state index in [4.69, 9.17) is 0 Å². The van der Waals surface area contributed by atoms with Crippen LogP contribution in [-0.4, -0.2) is 17.5 Å². The van der Waals surface area contributed by atoms with Gasteiger partial charge in [0.1, 0.15) is 0 Å². The second-order valence-electron chi connectivity index (χ2n) is 5.38. The highest BCUT2D eigenvalue weighted by Crippen LogP contribution is 2.46. The first-order chi connectivity index (χ1) is 9.08. The summed E-state index contributed by atoms with van der Waals surface area (Å²) in [5, 5.41) is 14.4. The first kappa shape index (κ1) is 14.0. The molecular weight excluding hydrogens is 240 g/mol. The Hall–Kier alpha value is -1.42. The number of hydrogen-bond acceptors (Lipinski definition) is 3. The van der Waals surface area contributed by atoms with Crippen LogP contribution in [0, 0.1) is 23.0 Å². The van der Waals surface area contributed by atoms with Gasteiger partial charge in [-0.1, -0.05) is 26.3 Å². The summed E-state index contributed by atoms with van der Waals surface area (Å²) < 4.78 is 0. The average molecular weight is 262 g/mol. The maximum absolute atomic E-state index is 10.9. The van der Waals surface area contributed by atoms with Crippen molar-refractivity contribution >= 4 is 5.69 Å². The van der Waals surface area contributed by atoms with E-state index in [0.29, 0.717) is 17.9 Å². The number of nitro benzene ring substituents is 1. The quantitative estimate of drug-likeness (QED) is 0.653. The van der Waals surface area contributed by atoms with Gasteiger partial charge in [-0.2, -0.15) is 0 Å². The van der Waals surface area contributed by atoms with Crippen LogP contribution in [0.15, 0.2) is 18.2 Å². The second-order valence-corrected chi connectivity index (χ2v) is 5.38. The van der Waals surface area contributed by atoms with E-state index in [1.165, 1.54) is 5.56 Å². The van der Waals surface area contributed by atoms with Gasteiger partial charge in [-0.3, -0.25) is 10.1 Å². The number of rotatable bonds is 5. The number of nitrogens with one attached hydrogen (secondary N) is 1. The smallest absolute Gasteiger partial charge is 0.269 e. The highest BCUT2D eigenvalue weighted by Gasteiger charge is 2.40. The maximum atomic E-state index is 10.9. The van der Waals surface area contributed by atoms with E-state index in [0.717, 1.165) is 24.9 Å². The molecule has 0 bridgehead atoms. The third-order valence-corrected chi connectivity index (χ3v) is 4.35. The van der Waals surface area contributed by atoms with Gasteiger partial charge in [0, 0.05) is 18.2 Å². The Labute approximate surface area is 114 Å². The van der Waals surface area contributed by atoms with Gasteiger partial charge in [0.15, 0.2) is 0 Å². The minimum Gasteiger partial charge on any atom is -0.314 e. The molecule has 1 N–H and O–H groups in total. The zero-order chi connectivity index (χ0) is 14.0. The fourth-order valence-corrected chi connectivity index (χ4v) is 3.27. The molecule has 1 fully saturated rings. The third-order valence-electron chi connectivity index (χ3n) is 4.35. The number of hydrogen-bond donors (Lipinski definition) is 1. The summed E-state index contributed by atoms with van der Waals surface area (Å²) in [6, 6.07) is 5.81. The van der Waals surface area contributed by atoms with Gasteiger partial charge >= 0.3 is 0 Å². The molecule has 0 aromatic heterocycles. The predicted octanol–water partition coefficient (Wildman–Crippen LogP) is 3.39. The summed E-state index contributed by atoms with van der Waals surface area (Å²) in [4.78, 5) is 10.6. The molecule has 1 aliphatic rings. The second kappa shape index (κ2) is 5.70. The first-order valence-electron chi connectivity index (χ1n) is 7.06. The molecule has 2 rings (SSSR count). The fraction of sp³-hybridized carbons (Fsp3) is 0.600. The lowest BCUT2D eigenvalue weighted by molar-refractivity contribution is -0.385. The Morgan fingerprint density at radius 2 is 2.16 bits per heavy atom. The summed E-state index contributed by atoms with van der Waals surface area (Å²) in [6.45, 7) is 7.36. The Morgan fingerprint density at radius 3 is 2.74 bits per heavy atom. The van der Waals surface area contributed by atoms with Crippen LogP contribution in [0.25, 0.3) is 0 Å². The van der Waals surface area contributed by atoms with Crippen molar-refractivity contribution in [2.75, 3.05) is 6.54 Å². The molecule has 0 aliphatic heterocycles. The number of nitrogens with zero attached hydrogens (tertiary/aromatic N) is 1. The molecule has 0 saturated heterocycles. The van der Waals surface area contributed by atoms with E-state index in [2.05, 4.69) is 19.2 Å². The zero-order valence-corrected chi connectivity index (χ0v) is 11.8. The molecule has 1 aromatic rings. The van der Waals surface area contributed by atoms with Gasteiger partial charge in [0.05, 0.1) is 4.92 Å². The molecule has 3 atom stereocenters. The van der Waals surface area contributed by atoms with Gasteiger partial charge in [-0.25, -0.2) is 0 Å². The summed E-state index contributed by atoms with van der Waals surface area (Å²) >= 11 is 0. The van der Waals surface area contributed by atoms with Crippen LogP contribution in [0.4, 0.5) is 5.69 Å². The Bertz CT molecular complexity index is 473. The maximum Gasteiger partial charge on any atom is 0.269 e. The molecule has 0 radical (unpaired) electrons. The SMILES string of the molecule is CCNC1CC(c2cc([N+](=O)[O-])ccc2C)C1CC. The van der Waals surface area contributed by atoms with Crippen LogP contribution >= 0.6 is 0 Å². The van der Waals surface area contributed by atoms with Crippen LogP contribution in [0.3, 0.4) is 0 Å². The molecular formula is C15H22N2O2. The van der Waals surface area contributed by atoms with Crippen molar-refractivity contribution in [3.05, 3.63) is 39.4 Å². The van der Waals surface area contributed by atoms with Gasteiger partial charge < -0.3 is 5.32 Å². The minimum absolute atomic E-state index is 0.211. The van der Waals surface area contributed by atoms with Gasteiger partial charge in [-0.15, -0.1) is 0 Å². The topological polar surface area (TPSA) is 55.2 Å². The summed E-state index contributed by atoms with van der Waals surface area (Å²) in [5.41, 5.74) is 2.54. The molecule has 104 valence electrons. The number of nitro groups is 1. The standard InChI is InChI=1S/C15H22N2O2/c1-4-12-14(9-15(12)16-5-2)13-8-11(17(18)19)7-6-10(13)3/h6-8,12,14-16H,4-5,9H2,1-3H3. The van der Waals surface area contributed by atoms with Crippen molar-refractivity contribution in [2.24, 2.45) is 5.92 Å². The Morgan fingerprint density at radius 1 is 1.42 bits per heavy atom. The fourth-order valence-electron chi connectivity index (χ4n) is 3.27. The summed E-state index contributed by atoms with van der Waals surface area (Å²) in [7, 11) is 0. The summed E-state index contributed by atoms with van der Waals surface area (Å²) in [6.07, 6.45) is 2.21. The van der Waals surface area contributed by atoms with Crippen molar-refractivity contribution in [1.29, 1.82) is 0 Å². The largest absolute Gasteiger partial charge is 0.314 e. The highest BCUT2D eigenvalue weighted by molar-refractivity contribution is 5.42. The molecule has 4 nitrogen and oxygen atoms in total. The van der Waals surface area contributed by atoms with E-state index in [-0.39, 0.29) is 10.6 Å². The number of non-ortho nitro benzene ring substituents is 1. The Balaban J connectivity index is 2.22. The van der Waals surface area contributed by atoms with E-state index < -0.39 is 0 Å². The molecule has 1 aliphatic carbocycles. The lowest BCUT2D eigenvalue weighted by Crippen LogP contribution is -2.49. The van der Waals surface area contributed by atoms with Crippen molar-refractivity contribution in [3.63, 3.8) is 0 Å². The van der Waals surface area contributed by atoms with Gasteiger partial charge in [-0.05, 0) is 42.9 Å². The van der Waals surface area contributed by atoms with Gasteiger partial charge in [0.25, 0.3) is 5.69 Å². The molecule has 0 amide bonds. The molecule has 19 heavy (non-hydrogen) atoms. The first-order valence-corrected chi connectivity index (χ1v) is 7.06. The third kappa shape index (κ3) is 2.63. The lowest BCUT2D eigenvalue weighted by Gasteiger charge is -2.45. The van der Waals surface area contributed by atoms with Crippen molar-refractivity contribution in [2.45, 2.75) is 45.6 Å². The molecule has 1 saturated carbocycles.